The molecule has 1 saturated carbocycles. The van der Waals surface area contributed by atoms with E-state index in [1.807, 2.05) is 23.6 Å². The molecule has 0 atom stereocenters. The Morgan fingerprint density at radius 1 is 1.19 bits per heavy atom. The first-order chi connectivity index (χ1) is 13.0. The van der Waals surface area contributed by atoms with E-state index >= 15 is 0 Å². The van der Waals surface area contributed by atoms with Crippen molar-refractivity contribution in [3.05, 3.63) is 23.8 Å². The fraction of sp³-hybridized carbons (Fsp3) is 0.600. The summed E-state index contributed by atoms with van der Waals surface area (Å²) in [5, 5.41) is 8.80. The van der Waals surface area contributed by atoms with E-state index in [1.54, 1.807) is 18.2 Å². The minimum atomic E-state index is -1.05. The molecule has 3 rings (SSSR count). The maximum atomic E-state index is 13.1. The number of hydrogen-bond acceptors (Lipinski definition) is 5. The Hall–Kier alpha value is -1.89. The van der Waals surface area contributed by atoms with E-state index in [-0.39, 0.29) is 10.7 Å². The molecular weight excluding hydrogens is 366 g/mol. The summed E-state index contributed by atoms with van der Waals surface area (Å²) < 4.78 is 11.1. The number of carbonyl (C=O) groups excluding carboxylic acids is 1. The topological polar surface area (TPSA) is 76.1 Å². The molecule has 1 saturated heterocycles. The fourth-order valence-electron chi connectivity index (χ4n) is 3.87. The van der Waals surface area contributed by atoms with Crippen LogP contribution in [0.4, 0.5) is 0 Å². The molecule has 148 valence electrons. The SMILES string of the molecule is CCOc1cc(C(=O)N2CCSC3(CCCCC3)C2)ccc1OCC(=O)O. The average molecular weight is 394 g/mol. The van der Waals surface area contributed by atoms with Crippen molar-refractivity contribution in [1.82, 2.24) is 4.90 Å². The molecule has 1 aliphatic carbocycles. The Balaban J connectivity index is 1.75. The summed E-state index contributed by atoms with van der Waals surface area (Å²) in [6.07, 6.45) is 6.17. The molecule has 7 heteroatoms. The molecule has 1 aromatic rings. The highest BCUT2D eigenvalue weighted by Crippen LogP contribution is 2.43. The van der Waals surface area contributed by atoms with Crippen LogP contribution in [0.25, 0.3) is 0 Å². The van der Waals surface area contributed by atoms with E-state index < -0.39 is 12.6 Å². The van der Waals surface area contributed by atoms with E-state index in [4.69, 9.17) is 14.6 Å². The van der Waals surface area contributed by atoms with Crippen LogP contribution in [0.2, 0.25) is 0 Å². The highest BCUT2D eigenvalue weighted by molar-refractivity contribution is 8.00. The minimum absolute atomic E-state index is 0.00554. The van der Waals surface area contributed by atoms with Gasteiger partial charge in [0.05, 0.1) is 6.61 Å². The van der Waals surface area contributed by atoms with Gasteiger partial charge in [-0.2, -0.15) is 11.8 Å². The first-order valence-corrected chi connectivity index (χ1v) is 10.6. The van der Waals surface area contributed by atoms with Crippen molar-refractivity contribution in [1.29, 1.82) is 0 Å². The quantitative estimate of drug-likeness (QED) is 0.798. The first kappa shape index (κ1) is 19.9. The van der Waals surface area contributed by atoms with E-state index in [1.165, 1.54) is 32.1 Å². The molecule has 1 N–H and O–H groups in total. The van der Waals surface area contributed by atoms with Crippen LogP contribution in [0.1, 0.15) is 49.4 Å². The number of rotatable bonds is 6. The van der Waals surface area contributed by atoms with Gasteiger partial charge >= 0.3 is 5.97 Å². The van der Waals surface area contributed by atoms with Gasteiger partial charge < -0.3 is 19.5 Å². The Bertz CT molecular complexity index is 681. The monoisotopic (exact) mass is 393 g/mol. The second kappa shape index (κ2) is 8.87. The molecule has 0 unspecified atom stereocenters. The maximum Gasteiger partial charge on any atom is 0.341 e. The van der Waals surface area contributed by atoms with Crippen molar-refractivity contribution in [3.63, 3.8) is 0 Å². The van der Waals surface area contributed by atoms with Gasteiger partial charge in [0.1, 0.15) is 0 Å². The van der Waals surface area contributed by atoms with E-state index in [0.29, 0.717) is 23.7 Å². The summed E-state index contributed by atoms with van der Waals surface area (Å²) in [6, 6.07) is 4.98. The molecule has 0 aromatic heterocycles. The predicted octanol–water partition coefficient (Wildman–Crippen LogP) is 3.44. The molecule has 2 fully saturated rings. The highest BCUT2D eigenvalue weighted by Gasteiger charge is 2.38. The number of benzene rings is 1. The lowest BCUT2D eigenvalue weighted by atomic mass is 9.87. The van der Waals surface area contributed by atoms with Gasteiger partial charge in [-0.15, -0.1) is 0 Å². The van der Waals surface area contributed by atoms with Crippen LogP contribution in [0.15, 0.2) is 18.2 Å². The number of amides is 1. The van der Waals surface area contributed by atoms with Crippen LogP contribution < -0.4 is 9.47 Å². The van der Waals surface area contributed by atoms with Gasteiger partial charge in [0, 0.05) is 29.2 Å². The summed E-state index contributed by atoms with van der Waals surface area (Å²) in [5.41, 5.74) is 0.555. The third-order valence-corrected chi connectivity index (χ3v) is 6.68. The molecule has 1 heterocycles. The zero-order chi connectivity index (χ0) is 19.3. The second-order valence-corrected chi connectivity index (χ2v) is 8.66. The summed E-state index contributed by atoms with van der Waals surface area (Å²) in [4.78, 5) is 25.8. The molecular formula is C20H27NO5S. The summed E-state index contributed by atoms with van der Waals surface area (Å²) in [7, 11) is 0. The summed E-state index contributed by atoms with van der Waals surface area (Å²) in [5.74, 6) is 0.674. The van der Waals surface area contributed by atoms with Gasteiger partial charge in [-0.25, -0.2) is 4.79 Å². The van der Waals surface area contributed by atoms with Gasteiger partial charge in [0.15, 0.2) is 18.1 Å². The van der Waals surface area contributed by atoms with Gasteiger partial charge in [-0.1, -0.05) is 19.3 Å². The van der Waals surface area contributed by atoms with Crippen LogP contribution in [0.3, 0.4) is 0 Å². The lowest BCUT2D eigenvalue weighted by Gasteiger charge is -2.44. The van der Waals surface area contributed by atoms with Gasteiger partial charge in [0.2, 0.25) is 0 Å². The number of aliphatic carboxylic acids is 1. The van der Waals surface area contributed by atoms with Crippen molar-refractivity contribution in [2.24, 2.45) is 0 Å². The van der Waals surface area contributed by atoms with Crippen molar-refractivity contribution in [2.45, 2.75) is 43.8 Å². The number of thioether (sulfide) groups is 1. The molecule has 27 heavy (non-hydrogen) atoms. The van der Waals surface area contributed by atoms with Crippen LogP contribution in [-0.2, 0) is 4.79 Å². The second-order valence-electron chi connectivity index (χ2n) is 7.10. The zero-order valence-corrected chi connectivity index (χ0v) is 16.6. The largest absolute Gasteiger partial charge is 0.490 e. The third kappa shape index (κ3) is 4.89. The molecule has 0 radical (unpaired) electrons. The zero-order valence-electron chi connectivity index (χ0n) is 15.7. The van der Waals surface area contributed by atoms with Crippen LogP contribution >= 0.6 is 11.8 Å². The van der Waals surface area contributed by atoms with E-state index in [0.717, 1.165) is 18.8 Å². The molecule has 2 aliphatic rings. The fourth-order valence-corrected chi connectivity index (χ4v) is 5.44. The minimum Gasteiger partial charge on any atom is -0.490 e. The number of ether oxygens (including phenoxy) is 2. The smallest absolute Gasteiger partial charge is 0.341 e. The lowest BCUT2D eigenvalue weighted by Crippen LogP contribution is -2.49. The Kier molecular flexibility index (Phi) is 6.52. The normalized spacial score (nSPS) is 18.9. The van der Waals surface area contributed by atoms with Crippen LogP contribution in [0, 0.1) is 0 Å². The predicted molar refractivity (Wildman–Crippen MR) is 105 cm³/mol. The van der Waals surface area contributed by atoms with Crippen molar-refractivity contribution in [3.8, 4) is 11.5 Å². The van der Waals surface area contributed by atoms with Crippen LogP contribution in [-0.4, -0.2) is 58.7 Å². The van der Waals surface area contributed by atoms with Crippen molar-refractivity contribution >= 4 is 23.6 Å². The maximum absolute atomic E-state index is 13.1. The Morgan fingerprint density at radius 3 is 2.67 bits per heavy atom. The lowest BCUT2D eigenvalue weighted by molar-refractivity contribution is -0.139. The molecule has 1 aliphatic heterocycles. The molecule has 1 amide bonds. The molecule has 1 aromatic carbocycles. The summed E-state index contributed by atoms with van der Waals surface area (Å²) in [6.45, 7) is 3.36. The molecule has 6 nitrogen and oxygen atoms in total. The van der Waals surface area contributed by atoms with Crippen molar-refractivity contribution < 1.29 is 24.2 Å². The number of carboxylic acid groups (broad SMARTS) is 1. The Morgan fingerprint density at radius 2 is 1.96 bits per heavy atom. The van der Waals surface area contributed by atoms with E-state index in [2.05, 4.69) is 0 Å². The number of carboxylic acids is 1. The van der Waals surface area contributed by atoms with Gasteiger partial charge in [-0.3, -0.25) is 4.79 Å². The summed E-state index contributed by atoms with van der Waals surface area (Å²) >= 11 is 2.03. The standard InChI is InChI=1S/C20H27NO5S/c1-2-25-17-12-15(6-7-16(17)26-13-18(22)23)19(24)21-10-11-27-20(14-21)8-4-3-5-9-20/h6-7,12H,2-5,8-11,13-14H2,1H3,(H,22,23). The molecule has 1 spiro atoms. The first-order valence-electron chi connectivity index (χ1n) is 9.58. The van der Waals surface area contributed by atoms with Crippen LogP contribution in [0.5, 0.6) is 11.5 Å². The van der Waals surface area contributed by atoms with E-state index in [9.17, 15) is 9.59 Å². The highest BCUT2D eigenvalue weighted by atomic mass is 32.2. The average Bonchev–Trinajstić information content (AvgIpc) is 2.67. The van der Waals surface area contributed by atoms with Gasteiger partial charge in [0.25, 0.3) is 5.91 Å². The third-order valence-electron chi connectivity index (χ3n) is 5.14. The van der Waals surface area contributed by atoms with Gasteiger partial charge in [-0.05, 0) is 38.0 Å². The number of hydrogen-bond donors (Lipinski definition) is 1. The number of nitrogens with zero attached hydrogens (tertiary/aromatic N) is 1. The Labute approximate surface area is 164 Å². The van der Waals surface area contributed by atoms with Crippen molar-refractivity contribution in [2.75, 3.05) is 32.1 Å². The number of carbonyl (C=O) groups is 2. The molecule has 0 bridgehead atoms.